The normalized spacial score (nSPS) is 16.3. The number of amides is 1. The summed E-state index contributed by atoms with van der Waals surface area (Å²) in [6.07, 6.45) is -1.55. The van der Waals surface area contributed by atoms with Gasteiger partial charge in [0.2, 0.25) is 0 Å². The highest BCUT2D eigenvalue weighted by Gasteiger charge is 2.38. The van der Waals surface area contributed by atoms with E-state index < -0.39 is 58.4 Å². The maximum Gasteiger partial charge on any atom is 0.326 e. The van der Waals surface area contributed by atoms with Crippen LogP contribution in [0.3, 0.4) is 0 Å². The first-order valence-corrected chi connectivity index (χ1v) is 8.55. The van der Waals surface area contributed by atoms with Crippen molar-refractivity contribution in [2.75, 3.05) is 29.3 Å². The van der Waals surface area contributed by atoms with E-state index >= 15 is 0 Å². The predicted molar refractivity (Wildman–Crippen MR) is 84.8 cm³/mol. The van der Waals surface area contributed by atoms with Crippen LogP contribution in [0.15, 0.2) is 12.3 Å². The Morgan fingerprint density at radius 2 is 2.15 bits per heavy atom. The summed E-state index contributed by atoms with van der Waals surface area (Å²) in [5.41, 5.74) is -1.33. The fraction of sp³-hybridized carbons (Fsp3) is 0.308. The summed E-state index contributed by atoms with van der Waals surface area (Å²) in [6.45, 7) is -1.40. The second-order valence-corrected chi connectivity index (χ2v) is 7.06. The molecule has 26 heavy (non-hydrogen) atoms. The summed E-state index contributed by atoms with van der Waals surface area (Å²) in [5, 5.41) is 10.0. The van der Waals surface area contributed by atoms with Gasteiger partial charge in [0.1, 0.15) is 29.3 Å². The predicted octanol–water partition coefficient (Wildman–Crippen LogP) is 0.357. The number of fused-ring (bicyclic) bond motifs is 1. The van der Waals surface area contributed by atoms with Crippen LogP contribution in [0, 0.1) is 5.82 Å². The van der Waals surface area contributed by atoms with Crippen molar-refractivity contribution in [2.24, 2.45) is 0 Å². The van der Waals surface area contributed by atoms with Crippen LogP contribution >= 0.6 is 0 Å². The number of halogens is 3. The molecule has 0 atom stereocenters. The zero-order chi connectivity index (χ0) is 19.2. The van der Waals surface area contributed by atoms with Gasteiger partial charge in [0.25, 0.3) is 12.3 Å². The summed E-state index contributed by atoms with van der Waals surface area (Å²) in [6, 6.07) is 0.968. The Hall–Kier alpha value is -2.83. The van der Waals surface area contributed by atoms with Gasteiger partial charge in [-0.2, -0.15) is 8.42 Å². The van der Waals surface area contributed by atoms with Gasteiger partial charge in [0.05, 0.1) is 18.3 Å². The topological polar surface area (TPSA) is 116 Å². The van der Waals surface area contributed by atoms with Crippen LogP contribution in [0.25, 0.3) is 11.0 Å². The highest BCUT2D eigenvalue weighted by molar-refractivity contribution is 7.92. The molecule has 0 saturated carbocycles. The fourth-order valence-electron chi connectivity index (χ4n) is 2.45. The molecule has 0 spiro atoms. The van der Waals surface area contributed by atoms with Crippen molar-refractivity contribution in [1.82, 2.24) is 14.7 Å². The van der Waals surface area contributed by atoms with E-state index in [1.54, 1.807) is 4.72 Å². The van der Waals surface area contributed by atoms with Gasteiger partial charge in [-0.15, -0.1) is 0 Å². The number of phenols is 1. The number of nitrogens with one attached hydrogen (secondary N) is 1. The van der Waals surface area contributed by atoms with Crippen LogP contribution in [-0.2, 0) is 15.0 Å². The molecule has 2 N–H and O–H groups in total. The number of hydrogen-bond acceptors (Lipinski definition) is 7. The summed E-state index contributed by atoms with van der Waals surface area (Å²) in [7, 11) is -3.07. The number of anilines is 2. The lowest BCUT2D eigenvalue weighted by Gasteiger charge is -2.19. The van der Waals surface area contributed by atoms with Crippen molar-refractivity contribution in [3.8, 4) is 5.75 Å². The minimum atomic E-state index is -4.37. The first-order chi connectivity index (χ1) is 12.1. The van der Waals surface area contributed by atoms with Crippen LogP contribution < -0.4 is 13.9 Å². The minimum absolute atomic E-state index is 0.0770. The second-order valence-electron chi connectivity index (χ2n) is 5.46. The van der Waals surface area contributed by atoms with Gasteiger partial charge in [-0.3, -0.25) is 9.78 Å². The zero-order valence-electron chi connectivity index (χ0n) is 13.1. The molecule has 13 heteroatoms. The lowest BCUT2D eigenvalue weighted by molar-refractivity contribution is -0.117. The summed E-state index contributed by atoms with van der Waals surface area (Å²) < 4.78 is 65.7. The maximum atomic E-state index is 14.9. The van der Waals surface area contributed by atoms with Gasteiger partial charge in [0, 0.05) is 13.1 Å². The molecule has 1 aliphatic heterocycles. The average Bonchev–Trinajstić information content (AvgIpc) is 2.79. The molecule has 2 heterocycles. The van der Waals surface area contributed by atoms with Gasteiger partial charge >= 0.3 is 10.2 Å². The van der Waals surface area contributed by atoms with Crippen LogP contribution in [0.2, 0.25) is 0 Å². The van der Waals surface area contributed by atoms with E-state index in [1.807, 2.05) is 0 Å². The number of hydrogen-bond donors (Lipinski definition) is 2. The number of carbonyl (C=O) groups excluding carboxylic acids is 1. The van der Waals surface area contributed by atoms with E-state index in [1.165, 1.54) is 7.05 Å². The van der Waals surface area contributed by atoms with Gasteiger partial charge in [-0.05, 0) is 0 Å². The molecule has 1 aromatic carbocycles. The van der Waals surface area contributed by atoms with Gasteiger partial charge in [-0.25, -0.2) is 27.2 Å². The van der Waals surface area contributed by atoms with Crippen LogP contribution in [-0.4, -0.2) is 56.0 Å². The lowest BCUT2D eigenvalue weighted by atomic mass is 10.2. The maximum absolute atomic E-state index is 14.9. The highest BCUT2D eigenvalue weighted by Crippen LogP contribution is 2.37. The Morgan fingerprint density at radius 1 is 1.46 bits per heavy atom. The molecule has 1 amide bonds. The molecule has 140 valence electrons. The smallest absolute Gasteiger partial charge is 0.326 e. The number of nitrogens with zero attached hydrogens (tertiary/aromatic N) is 4. The quantitative estimate of drug-likeness (QED) is 0.773. The molecular weight excluding hydrogens is 379 g/mol. The van der Waals surface area contributed by atoms with Crippen molar-refractivity contribution in [1.29, 1.82) is 0 Å². The molecule has 0 bridgehead atoms. The largest absolute Gasteiger partial charge is 0.506 e. The second kappa shape index (κ2) is 6.16. The number of carbonyl (C=O) groups is 1. The third-order valence-electron chi connectivity index (χ3n) is 3.59. The molecule has 0 unspecified atom stereocenters. The van der Waals surface area contributed by atoms with Gasteiger partial charge < -0.3 is 10.0 Å². The average molecular weight is 391 g/mol. The number of rotatable bonds is 4. The zero-order valence-corrected chi connectivity index (χ0v) is 14.0. The summed E-state index contributed by atoms with van der Waals surface area (Å²) in [5.74, 6) is -3.00. The molecule has 2 aromatic rings. The Morgan fingerprint density at radius 3 is 2.73 bits per heavy atom. The van der Waals surface area contributed by atoms with Crippen molar-refractivity contribution < 1.29 is 31.5 Å². The lowest BCUT2D eigenvalue weighted by Crippen LogP contribution is -2.30. The molecule has 1 aromatic heterocycles. The number of alkyl halides is 2. The Balaban J connectivity index is 2.15. The van der Waals surface area contributed by atoms with Crippen LogP contribution in [0.1, 0.15) is 0 Å². The van der Waals surface area contributed by atoms with E-state index in [9.17, 15) is 31.5 Å². The standard InChI is InChI=1S/C13H12F3N5O4S/c1-20(4-8(14)15)9-3-17-6-2-7(22)13(11(16)12(6)18-9)21-5-10(23)19-26(21,24)25/h2-3,8,22H,4-5H2,1H3,(H,19,23). The molecule has 1 saturated heterocycles. The molecular formula is C13H12F3N5O4S. The Labute approximate surface area is 145 Å². The number of aromatic nitrogens is 2. The molecule has 1 aliphatic rings. The van der Waals surface area contributed by atoms with Crippen molar-refractivity contribution in [3.63, 3.8) is 0 Å². The van der Waals surface area contributed by atoms with Crippen molar-refractivity contribution in [2.45, 2.75) is 6.43 Å². The SMILES string of the molecule is CN(CC(F)F)c1cnc2cc(O)c(N3CC(=O)NS3(=O)=O)c(F)c2n1. The molecule has 0 aliphatic carbocycles. The number of aromatic hydroxyl groups is 1. The Kier molecular flexibility index (Phi) is 4.26. The number of phenolic OH excluding ortho intramolecular Hbond substituents is 1. The van der Waals surface area contributed by atoms with E-state index in [0.29, 0.717) is 4.31 Å². The molecule has 0 radical (unpaired) electrons. The summed E-state index contributed by atoms with van der Waals surface area (Å²) in [4.78, 5) is 20.1. The number of benzene rings is 1. The van der Waals surface area contributed by atoms with Gasteiger partial charge in [-0.1, -0.05) is 0 Å². The first kappa shape index (κ1) is 18.0. The first-order valence-electron chi connectivity index (χ1n) is 7.11. The molecule has 9 nitrogen and oxygen atoms in total. The third kappa shape index (κ3) is 3.05. The Bertz CT molecular complexity index is 1000. The van der Waals surface area contributed by atoms with E-state index in [-0.39, 0.29) is 11.3 Å². The molecule has 3 rings (SSSR count). The van der Waals surface area contributed by atoms with Gasteiger partial charge in [0.15, 0.2) is 5.82 Å². The fourth-order valence-corrected chi connectivity index (χ4v) is 3.61. The molecule has 1 fully saturated rings. The highest BCUT2D eigenvalue weighted by atomic mass is 32.2. The van der Waals surface area contributed by atoms with Crippen molar-refractivity contribution >= 4 is 38.7 Å². The van der Waals surface area contributed by atoms with Crippen molar-refractivity contribution in [3.05, 3.63) is 18.1 Å². The minimum Gasteiger partial charge on any atom is -0.506 e. The van der Waals surface area contributed by atoms with E-state index in [2.05, 4.69) is 9.97 Å². The monoisotopic (exact) mass is 391 g/mol. The van der Waals surface area contributed by atoms with E-state index in [4.69, 9.17) is 0 Å². The third-order valence-corrected chi connectivity index (χ3v) is 4.97. The van der Waals surface area contributed by atoms with E-state index in [0.717, 1.165) is 17.2 Å². The van der Waals surface area contributed by atoms with Crippen LogP contribution in [0.4, 0.5) is 24.7 Å². The summed E-state index contributed by atoms with van der Waals surface area (Å²) >= 11 is 0. The van der Waals surface area contributed by atoms with Crippen LogP contribution in [0.5, 0.6) is 5.75 Å².